The molecule has 166 valence electrons. The molecule has 2 nitrogen and oxygen atoms in total. The first kappa shape index (κ1) is 22.9. The lowest BCUT2D eigenvalue weighted by molar-refractivity contribution is -0.153. The van der Waals surface area contributed by atoms with Gasteiger partial charge in [-0.3, -0.25) is 4.79 Å². The molecule has 0 heterocycles. The van der Waals surface area contributed by atoms with Gasteiger partial charge in [-0.1, -0.05) is 51.2 Å². The van der Waals surface area contributed by atoms with Crippen LogP contribution in [0, 0.1) is 34.7 Å². The summed E-state index contributed by atoms with van der Waals surface area (Å²) in [4.78, 5) is 13.3. The van der Waals surface area contributed by atoms with E-state index in [9.17, 15) is 18.0 Å². The summed E-state index contributed by atoms with van der Waals surface area (Å²) in [5.74, 6) is -4.00. The molecule has 1 aromatic rings. The van der Waals surface area contributed by atoms with Gasteiger partial charge in [-0.2, -0.15) is 0 Å². The van der Waals surface area contributed by atoms with E-state index in [0.29, 0.717) is 5.92 Å². The molecule has 2 fully saturated rings. The van der Waals surface area contributed by atoms with Crippen molar-refractivity contribution in [2.24, 2.45) is 17.3 Å². The molecule has 30 heavy (non-hydrogen) atoms. The molecule has 1 aromatic carbocycles. The molecule has 0 N–H and O–H groups in total. The van der Waals surface area contributed by atoms with Crippen molar-refractivity contribution < 1.29 is 22.7 Å². The fourth-order valence-corrected chi connectivity index (χ4v) is 5.35. The number of carbonyl (C=O) groups is 1. The van der Waals surface area contributed by atoms with Crippen molar-refractivity contribution in [1.82, 2.24) is 0 Å². The van der Waals surface area contributed by atoms with Crippen LogP contribution in [0.3, 0.4) is 0 Å². The molecule has 0 unspecified atom stereocenters. The van der Waals surface area contributed by atoms with Crippen LogP contribution in [0.5, 0.6) is 5.75 Å². The number of hydrogen-bond acceptors (Lipinski definition) is 2. The molecule has 0 bridgehead atoms. The van der Waals surface area contributed by atoms with Gasteiger partial charge in [-0.25, -0.2) is 13.2 Å². The standard InChI is InChI=1S/C25H33F3O2/c1-3-17(2)7-8-18-9-11-19(12-10-18)25(13-5-4-6-14-25)24(29)30-20-15-21(26)23(28)22(27)16-20/h15-16,18-19H,2-14H2,1H3. The van der Waals surface area contributed by atoms with Gasteiger partial charge in [0.2, 0.25) is 0 Å². The Balaban J connectivity index is 1.69. The van der Waals surface area contributed by atoms with Crippen LogP contribution >= 0.6 is 0 Å². The number of benzene rings is 1. The first-order chi connectivity index (χ1) is 14.4. The molecule has 5 heteroatoms. The SMILES string of the molecule is C=C(CC)CCC1CCC(C2(C(=O)Oc3cc(F)c(F)c(F)c3)CCCCC2)CC1. The van der Waals surface area contributed by atoms with Crippen LogP contribution in [-0.2, 0) is 4.79 Å². The van der Waals surface area contributed by atoms with Crippen LogP contribution in [0.4, 0.5) is 13.2 Å². The Morgan fingerprint density at radius 2 is 1.67 bits per heavy atom. The highest BCUT2D eigenvalue weighted by atomic mass is 19.2. The Hall–Kier alpha value is -1.78. The highest BCUT2D eigenvalue weighted by molar-refractivity contribution is 5.79. The molecular formula is C25H33F3O2. The van der Waals surface area contributed by atoms with Gasteiger partial charge in [0, 0.05) is 12.1 Å². The van der Waals surface area contributed by atoms with Crippen molar-refractivity contribution in [2.75, 3.05) is 0 Å². The summed E-state index contributed by atoms with van der Waals surface area (Å²) in [6, 6.07) is 1.51. The summed E-state index contributed by atoms with van der Waals surface area (Å²) < 4.78 is 45.8. The fraction of sp³-hybridized carbons (Fsp3) is 0.640. The maximum atomic E-state index is 13.6. The Bertz CT molecular complexity index is 737. The molecule has 0 aromatic heterocycles. The third-order valence-corrected chi connectivity index (χ3v) is 7.35. The Labute approximate surface area is 177 Å². The summed E-state index contributed by atoms with van der Waals surface area (Å²) in [6.45, 7) is 6.24. The minimum absolute atomic E-state index is 0.228. The van der Waals surface area contributed by atoms with Crippen LogP contribution < -0.4 is 4.74 Å². The van der Waals surface area contributed by atoms with Crippen molar-refractivity contribution in [1.29, 1.82) is 0 Å². The maximum absolute atomic E-state index is 13.6. The topological polar surface area (TPSA) is 26.3 Å². The number of halogens is 3. The summed E-state index contributed by atoms with van der Waals surface area (Å²) in [5, 5.41) is 0. The molecule has 2 aliphatic carbocycles. The van der Waals surface area contributed by atoms with Crippen LogP contribution in [-0.4, -0.2) is 5.97 Å². The molecule has 2 saturated carbocycles. The van der Waals surface area contributed by atoms with E-state index >= 15 is 0 Å². The molecule has 3 rings (SSSR count). The minimum Gasteiger partial charge on any atom is -0.426 e. The lowest BCUT2D eigenvalue weighted by Gasteiger charge is -2.44. The first-order valence-electron chi connectivity index (χ1n) is 11.4. The van der Waals surface area contributed by atoms with Crippen molar-refractivity contribution in [3.05, 3.63) is 41.7 Å². The Morgan fingerprint density at radius 1 is 1.07 bits per heavy atom. The third kappa shape index (κ3) is 5.09. The van der Waals surface area contributed by atoms with E-state index in [2.05, 4.69) is 13.5 Å². The molecule has 0 spiro atoms. The molecule has 0 atom stereocenters. The average molecular weight is 423 g/mol. The lowest BCUT2D eigenvalue weighted by atomic mass is 9.60. The second-order valence-corrected chi connectivity index (χ2v) is 9.17. The van der Waals surface area contributed by atoms with Gasteiger partial charge in [0.1, 0.15) is 5.75 Å². The second-order valence-electron chi connectivity index (χ2n) is 9.17. The number of ether oxygens (including phenoxy) is 1. The second kappa shape index (κ2) is 10.0. The van der Waals surface area contributed by atoms with E-state index in [1.807, 2.05) is 0 Å². The summed E-state index contributed by atoms with van der Waals surface area (Å²) in [6.07, 6.45) is 11.9. The van der Waals surface area contributed by atoms with Gasteiger partial charge < -0.3 is 4.74 Å². The Kier molecular flexibility index (Phi) is 7.65. The predicted molar refractivity (Wildman–Crippen MR) is 112 cm³/mol. The maximum Gasteiger partial charge on any atom is 0.317 e. The molecule has 0 radical (unpaired) electrons. The number of rotatable bonds is 7. The molecule has 2 aliphatic rings. The van der Waals surface area contributed by atoms with Gasteiger partial charge in [-0.15, -0.1) is 0 Å². The minimum atomic E-state index is -1.55. The quantitative estimate of drug-likeness (QED) is 0.197. The van der Waals surface area contributed by atoms with Crippen LogP contribution in [0.25, 0.3) is 0 Å². The number of esters is 1. The predicted octanol–water partition coefficient (Wildman–Crippen LogP) is 7.51. The molecule has 0 amide bonds. The van der Waals surface area contributed by atoms with Crippen LogP contribution in [0.2, 0.25) is 0 Å². The average Bonchev–Trinajstić information content (AvgIpc) is 2.76. The zero-order chi connectivity index (χ0) is 21.7. The fourth-order valence-electron chi connectivity index (χ4n) is 5.35. The molecule has 0 aliphatic heterocycles. The van der Waals surface area contributed by atoms with E-state index in [0.717, 1.165) is 89.2 Å². The third-order valence-electron chi connectivity index (χ3n) is 7.35. The number of hydrogen-bond donors (Lipinski definition) is 0. The zero-order valence-corrected chi connectivity index (χ0v) is 18.0. The normalized spacial score (nSPS) is 23.7. The monoisotopic (exact) mass is 422 g/mol. The van der Waals surface area contributed by atoms with Crippen molar-refractivity contribution in [2.45, 2.75) is 84.0 Å². The lowest BCUT2D eigenvalue weighted by Crippen LogP contribution is -2.44. The van der Waals surface area contributed by atoms with E-state index in [-0.39, 0.29) is 11.7 Å². The molecule has 0 saturated heterocycles. The summed E-state index contributed by atoms with van der Waals surface area (Å²) in [5.41, 5.74) is 0.695. The van der Waals surface area contributed by atoms with E-state index < -0.39 is 28.8 Å². The van der Waals surface area contributed by atoms with Crippen molar-refractivity contribution >= 4 is 5.97 Å². The zero-order valence-electron chi connectivity index (χ0n) is 18.0. The van der Waals surface area contributed by atoms with E-state index in [1.54, 1.807) is 0 Å². The van der Waals surface area contributed by atoms with Gasteiger partial charge in [-0.05, 0) is 56.8 Å². The largest absolute Gasteiger partial charge is 0.426 e. The van der Waals surface area contributed by atoms with Crippen LogP contribution in [0.15, 0.2) is 24.3 Å². The van der Waals surface area contributed by atoms with E-state index in [4.69, 9.17) is 4.74 Å². The van der Waals surface area contributed by atoms with Gasteiger partial charge in [0.15, 0.2) is 17.5 Å². The van der Waals surface area contributed by atoms with Crippen LogP contribution in [0.1, 0.15) is 84.0 Å². The van der Waals surface area contributed by atoms with Gasteiger partial charge in [0.25, 0.3) is 0 Å². The number of carbonyl (C=O) groups excluding carboxylic acids is 1. The first-order valence-corrected chi connectivity index (χ1v) is 11.4. The van der Waals surface area contributed by atoms with Crippen molar-refractivity contribution in [3.63, 3.8) is 0 Å². The van der Waals surface area contributed by atoms with E-state index in [1.165, 1.54) is 5.57 Å². The van der Waals surface area contributed by atoms with Gasteiger partial charge >= 0.3 is 5.97 Å². The van der Waals surface area contributed by atoms with Crippen molar-refractivity contribution in [3.8, 4) is 5.75 Å². The van der Waals surface area contributed by atoms with Gasteiger partial charge in [0.05, 0.1) is 5.41 Å². The smallest absolute Gasteiger partial charge is 0.317 e. The molecular weight excluding hydrogens is 389 g/mol. The highest BCUT2D eigenvalue weighted by Gasteiger charge is 2.48. The Morgan fingerprint density at radius 3 is 2.23 bits per heavy atom. The highest BCUT2D eigenvalue weighted by Crippen LogP contribution is 2.50. The number of allylic oxidation sites excluding steroid dienone is 1. The summed E-state index contributed by atoms with van der Waals surface area (Å²) >= 11 is 0. The summed E-state index contributed by atoms with van der Waals surface area (Å²) in [7, 11) is 0.